The van der Waals surface area contributed by atoms with Crippen molar-refractivity contribution in [2.75, 3.05) is 32.7 Å². The molecule has 1 fully saturated rings. The first-order chi connectivity index (χ1) is 8.20. The van der Waals surface area contributed by atoms with E-state index in [1.165, 1.54) is 0 Å². The molecule has 17 heavy (non-hydrogen) atoms. The number of likely N-dealkylation sites (N-methyl/N-ethyl adjacent to an activating group) is 1. The Kier molecular flexibility index (Phi) is 3.97. The van der Waals surface area contributed by atoms with Crippen molar-refractivity contribution in [1.29, 1.82) is 0 Å². The fourth-order valence-corrected chi connectivity index (χ4v) is 2.40. The normalized spacial score (nSPS) is 22.8. The molecule has 0 spiro atoms. The van der Waals surface area contributed by atoms with Crippen LogP contribution in [0.1, 0.15) is 24.4 Å². The highest BCUT2D eigenvalue weighted by Crippen LogP contribution is 2.10. The van der Waals surface area contributed by atoms with Gasteiger partial charge in [-0.05, 0) is 25.6 Å². The summed E-state index contributed by atoms with van der Waals surface area (Å²) in [6, 6.07) is 4.01. The third-order valence-electron chi connectivity index (χ3n) is 3.42. The second-order valence-corrected chi connectivity index (χ2v) is 4.61. The molecule has 0 bridgehead atoms. The Morgan fingerprint density at radius 1 is 1.53 bits per heavy atom. The van der Waals surface area contributed by atoms with E-state index in [1.54, 1.807) is 18.4 Å². The lowest BCUT2D eigenvalue weighted by molar-refractivity contribution is 0.0705. The molecule has 1 saturated heterocycles. The predicted octanol–water partition coefficient (Wildman–Crippen LogP) is 1.49. The van der Waals surface area contributed by atoms with Crippen molar-refractivity contribution in [2.45, 2.75) is 19.9 Å². The van der Waals surface area contributed by atoms with Crippen molar-refractivity contribution in [1.82, 2.24) is 9.80 Å². The van der Waals surface area contributed by atoms with Gasteiger partial charge in [0, 0.05) is 25.7 Å². The minimum atomic E-state index is 0.0761. The summed E-state index contributed by atoms with van der Waals surface area (Å²) in [4.78, 5) is 16.5. The van der Waals surface area contributed by atoms with Gasteiger partial charge in [0.2, 0.25) is 5.78 Å². The Bertz CT molecular complexity index is 362. The summed E-state index contributed by atoms with van der Waals surface area (Å²) in [6.45, 7) is 8.91. The number of carbonyl (C=O) groups excluding carboxylic acids is 1. The maximum absolute atomic E-state index is 11.9. The van der Waals surface area contributed by atoms with Crippen LogP contribution in [0.25, 0.3) is 0 Å². The number of nitrogens with zero attached hydrogens (tertiary/aromatic N) is 2. The fraction of sp³-hybridized carbons (Fsp3) is 0.615. The van der Waals surface area contributed by atoms with Gasteiger partial charge in [-0.3, -0.25) is 14.6 Å². The van der Waals surface area contributed by atoms with E-state index in [-0.39, 0.29) is 5.78 Å². The Labute approximate surface area is 102 Å². The van der Waals surface area contributed by atoms with Crippen molar-refractivity contribution < 1.29 is 9.21 Å². The molecule has 1 atom stereocenters. The average molecular weight is 236 g/mol. The number of rotatable bonds is 4. The number of furan rings is 1. The largest absolute Gasteiger partial charge is 0.461 e. The molecule has 1 aliphatic heterocycles. The first kappa shape index (κ1) is 12.3. The molecule has 0 N–H and O–H groups in total. The fourth-order valence-electron chi connectivity index (χ4n) is 2.40. The van der Waals surface area contributed by atoms with Crippen LogP contribution in [0.15, 0.2) is 22.8 Å². The lowest BCUT2D eigenvalue weighted by Gasteiger charge is -2.38. The molecule has 2 heterocycles. The first-order valence-electron chi connectivity index (χ1n) is 6.23. The van der Waals surface area contributed by atoms with Crippen molar-refractivity contribution in [3.63, 3.8) is 0 Å². The van der Waals surface area contributed by atoms with Crippen LogP contribution in [0.5, 0.6) is 0 Å². The lowest BCUT2D eigenvalue weighted by atomic mass is 10.1. The van der Waals surface area contributed by atoms with Gasteiger partial charge in [-0.1, -0.05) is 6.92 Å². The third-order valence-corrected chi connectivity index (χ3v) is 3.42. The molecular weight excluding hydrogens is 216 g/mol. The molecule has 4 heteroatoms. The third kappa shape index (κ3) is 2.96. The summed E-state index contributed by atoms with van der Waals surface area (Å²) in [7, 11) is 0. The monoisotopic (exact) mass is 236 g/mol. The van der Waals surface area contributed by atoms with Gasteiger partial charge in [0.05, 0.1) is 12.8 Å². The standard InChI is InChI=1S/C13H20N2O2/c1-3-15-7-6-14(9-11(15)2)10-12(16)13-5-4-8-17-13/h4-5,8,11H,3,6-7,9-10H2,1-2H3. The summed E-state index contributed by atoms with van der Waals surface area (Å²) in [5.41, 5.74) is 0. The minimum absolute atomic E-state index is 0.0761. The van der Waals surface area contributed by atoms with E-state index in [0.29, 0.717) is 18.3 Å². The number of carbonyl (C=O) groups is 1. The van der Waals surface area contributed by atoms with Crippen molar-refractivity contribution in [3.05, 3.63) is 24.2 Å². The van der Waals surface area contributed by atoms with Gasteiger partial charge in [-0.15, -0.1) is 0 Å². The number of ketones is 1. The summed E-state index contributed by atoms with van der Waals surface area (Å²) >= 11 is 0. The van der Waals surface area contributed by atoms with Gasteiger partial charge in [0.1, 0.15) is 0 Å². The summed E-state index contributed by atoms with van der Waals surface area (Å²) in [5, 5.41) is 0. The van der Waals surface area contributed by atoms with Crippen LogP contribution in [0.3, 0.4) is 0 Å². The van der Waals surface area contributed by atoms with Gasteiger partial charge in [0.15, 0.2) is 5.76 Å². The van der Waals surface area contributed by atoms with E-state index in [9.17, 15) is 4.79 Å². The first-order valence-corrected chi connectivity index (χ1v) is 6.23. The Morgan fingerprint density at radius 3 is 2.94 bits per heavy atom. The van der Waals surface area contributed by atoms with E-state index in [2.05, 4.69) is 23.6 Å². The molecular formula is C13H20N2O2. The van der Waals surface area contributed by atoms with Crippen LogP contribution in [0, 0.1) is 0 Å². The molecule has 94 valence electrons. The van der Waals surface area contributed by atoms with Gasteiger partial charge >= 0.3 is 0 Å². The van der Waals surface area contributed by atoms with Crippen LogP contribution in [-0.4, -0.2) is 54.3 Å². The van der Waals surface area contributed by atoms with E-state index in [4.69, 9.17) is 4.42 Å². The smallest absolute Gasteiger partial charge is 0.211 e. The Morgan fingerprint density at radius 2 is 2.35 bits per heavy atom. The molecule has 0 aromatic carbocycles. The minimum Gasteiger partial charge on any atom is -0.461 e. The van der Waals surface area contributed by atoms with Gasteiger partial charge < -0.3 is 4.42 Å². The van der Waals surface area contributed by atoms with Crippen molar-refractivity contribution >= 4 is 5.78 Å². The molecule has 2 rings (SSSR count). The second kappa shape index (κ2) is 5.47. The number of hydrogen-bond donors (Lipinski definition) is 0. The van der Waals surface area contributed by atoms with Gasteiger partial charge in [-0.25, -0.2) is 0 Å². The zero-order valence-electron chi connectivity index (χ0n) is 10.6. The SMILES string of the molecule is CCN1CCN(CC(=O)c2ccco2)CC1C. The molecule has 1 unspecified atom stereocenters. The number of hydrogen-bond acceptors (Lipinski definition) is 4. The molecule has 4 nitrogen and oxygen atoms in total. The van der Waals surface area contributed by atoms with Gasteiger partial charge in [-0.2, -0.15) is 0 Å². The van der Waals surface area contributed by atoms with Crippen LogP contribution in [0.4, 0.5) is 0 Å². The summed E-state index contributed by atoms with van der Waals surface area (Å²) in [5.74, 6) is 0.544. The zero-order chi connectivity index (χ0) is 12.3. The highest BCUT2D eigenvalue weighted by atomic mass is 16.3. The Hall–Kier alpha value is -1.13. The van der Waals surface area contributed by atoms with Crippen LogP contribution < -0.4 is 0 Å². The lowest BCUT2D eigenvalue weighted by Crippen LogP contribution is -2.52. The summed E-state index contributed by atoms with van der Waals surface area (Å²) in [6.07, 6.45) is 1.55. The molecule has 1 aliphatic rings. The predicted molar refractivity (Wildman–Crippen MR) is 66.2 cm³/mol. The van der Waals surface area contributed by atoms with Gasteiger partial charge in [0.25, 0.3) is 0 Å². The summed E-state index contributed by atoms with van der Waals surface area (Å²) < 4.78 is 5.12. The highest BCUT2D eigenvalue weighted by Gasteiger charge is 2.24. The highest BCUT2D eigenvalue weighted by molar-refractivity contribution is 5.94. The maximum Gasteiger partial charge on any atom is 0.211 e. The Balaban J connectivity index is 1.87. The quantitative estimate of drug-likeness (QED) is 0.742. The van der Waals surface area contributed by atoms with E-state index in [0.717, 1.165) is 26.2 Å². The van der Waals surface area contributed by atoms with Crippen molar-refractivity contribution in [2.24, 2.45) is 0 Å². The number of piperazine rings is 1. The zero-order valence-corrected chi connectivity index (χ0v) is 10.6. The van der Waals surface area contributed by atoms with E-state index < -0.39 is 0 Å². The van der Waals surface area contributed by atoms with E-state index >= 15 is 0 Å². The molecule has 0 radical (unpaired) electrons. The van der Waals surface area contributed by atoms with Crippen molar-refractivity contribution in [3.8, 4) is 0 Å². The molecule has 1 aromatic heterocycles. The topological polar surface area (TPSA) is 36.7 Å². The molecule has 0 aliphatic carbocycles. The van der Waals surface area contributed by atoms with E-state index in [1.807, 2.05) is 0 Å². The van der Waals surface area contributed by atoms with Crippen LogP contribution >= 0.6 is 0 Å². The number of Topliss-reactive ketones (excluding diaryl/α,β-unsaturated/α-hetero) is 1. The van der Waals surface area contributed by atoms with Crippen LogP contribution in [-0.2, 0) is 0 Å². The maximum atomic E-state index is 11.9. The molecule has 0 saturated carbocycles. The second-order valence-electron chi connectivity index (χ2n) is 4.61. The molecule has 1 aromatic rings. The van der Waals surface area contributed by atoms with Crippen LogP contribution in [0.2, 0.25) is 0 Å². The average Bonchev–Trinajstić information content (AvgIpc) is 2.82. The molecule has 0 amide bonds.